The van der Waals surface area contributed by atoms with E-state index < -0.39 is 0 Å². The number of benzene rings is 7. The molecule has 2 heterocycles. The summed E-state index contributed by atoms with van der Waals surface area (Å²) in [6.45, 7) is 0. The fraction of sp³-hybridized carbons (Fsp3) is 0. The topological polar surface area (TPSA) is 45.7 Å². The number of nitrogens with zero attached hydrogens (tertiary/aromatic N) is 2. The molecule has 9 aromatic rings. The third-order valence-electron chi connectivity index (χ3n) is 9.39. The summed E-state index contributed by atoms with van der Waals surface area (Å²) in [6, 6.07) is 61.4. The summed E-state index contributed by atoms with van der Waals surface area (Å²) in [4.78, 5) is 0. The maximum atomic E-state index is 8.97. The molecule has 0 atom stereocenters. The van der Waals surface area contributed by atoms with E-state index in [1.54, 1.807) is 0 Å². The predicted octanol–water partition coefficient (Wildman–Crippen LogP) is 11.2. The molecule has 7 aromatic carbocycles. The van der Waals surface area contributed by atoms with Crippen LogP contribution in [0.25, 0.3) is 66.1 Å². The molecule has 2 aromatic heterocycles. The Bertz CT molecular complexity index is 2680. The van der Waals surface area contributed by atoms with Gasteiger partial charge in [0, 0.05) is 27.2 Å². The molecule has 0 aliphatic carbocycles. The van der Waals surface area contributed by atoms with Crippen LogP contribution < -0.4 is 5.43 Å². The molecular weight excluding hydrogens is 597 g/mol. The number of rotatable bonds is 7. The number of aromatic nitrogens is 2. The number of fused-ring (bicyclic) bond motifs is 6. The molecule has 0 fully saturated rings. The minimum Gasteiger partial charge on any atom is -0.309 e. The summed E-state index contributed by atoms with van der Waals surface area (Å²) < 4.78 is 4.54. The van der Waals surface area contributed by atoms with E-state index in [4.69, 9.17) is 5.41 Å². The third kappa shape index (κ3) is 4.98. The van der Waals surface area contributed by atoms with Crippen molar-refractivity contribution in [1.82, 2.24) is 9.24 Å². The normalized spacial score (nSPS) is 11.9. The van der Waals surface area contributed by atoms with Gasteiger partial charge < -0.3 is 9.98 Å². The van der Waals surface area contributed by atoms with Gasteiger partial charge in [0.2, 0.25) is 0 Å². The lowest BCUT2D eigenvalue weighted by molar-refractivity contribution is 1.06. The van der Waals surface area contributed by atoms with Gasteiger partial charge >= 0.3 is 0 Å². The second kappa shape index (κ2) is 11.9. The van der Waals surface area contributed by atoms with E-state index in [0.717, 1.165) is 50.1 Å². The van der Waals surface area contributed by atoms with E-state index in [1.165, 1.54) is 27.2 Å². The van der Waals surface area contributed by atoms with Crippen molar-refractivity contribution in [2.24, 2.45) is 0 Å². The molecule has 0 spiro atoms. The van der Waals surface area contributed by atoms with Crippen LogP contribution in [-0.2, 0) is 0 Å². The monoisotopic (exact) mass is 628 g/mol. The molecule has 0 unspecified atom stereocenters. The Morgan fingerprint density at radius 3 is 1.61 bits per heavy atom. The van der Waals surface area contributed by atoms with Crippen molar-refractivity contribution in [2.75, 3.05) is 5.43 Å². The number of hydrogen-bond donors (Lipinski definition) is 2. The summed E-state index contributed by atoms with van der Waals surface area (Å²) in [5.41, 5.74) is 14.8. The van der Waals surface area contributed by atoms with Crippen molar-refractivity contribution in [3.63, 3.8) is 0 Å². The van der Waals surface area contributed by atoms with Crippen LogP contribution in [-0.4, -0.2) is 15.0 Å². The number of hydrogen-bond acceptors (Lipinski definition) is 2. The molecule has 0 saturated carbocycles. The molecule has 0 saturated heterocycles. The van der Waals surface area contributed by atoms with Gasteiger partial charge in [-0.1, -0.05) is 140 Å². The lowest BCUT2D eigenvalue weighted by Gasteiger charge is -2.16. The Kier molecular flexibility index (Phi) is 6.91. The standard InChI is InChI=1S/C45H32N4/c46-40(31-14-4-1-5-15-31)30-41(32-16-6-2-7-17-32)47-49-43-23-13-11-21-37(43)39-27-25-34(29-45(39)49)33-24-26-38-36-20-10-12-22-42(36)48(44(38)28-33)35-18-8-3-9-19-35/h1-30,46-47H/b41-30-,46-40?. The average Bonchev–Trinajstić information content (AvgIpc) is 3.67. The highest BCUT2D eigenvalue weighted by Gasteiger charge is 2.16. The largest absolute Gasteiger partial charge is 0.309 e. The van der Waals surface area contributed by atoms with E-state index >= 15 is 0 Å². The second-order valence-electron chi connectivity index (χ2n) is 12.3. The Balaban J connectivity index is 1.22. The fourth-order valence-electron chi connectivity index (χ4n) is 7.04. The van der Waals surface area contributed by atoms with Crippen LogP contribution in [0.15, 0.2) is 182 Å². The summed E-state index contributed by atoms with van der Waals surface area (Å²) in [6.07, 6.45) is 1.92. The van der Waals surface area contributed by atoms with Crippen LogP contribution in [0.4, 0.5) is 0 Å². The first-order valence-corrected chi connectivity index (χ1v) is 16.5. The van der Waals surface area contributed by atoms with Gasteiger partial charge in [-0.25, -0.2) is 0 Å². The molecule has 49 heavy (non-hydrogen) atoms. The highest BCUT2D eigenvalue weighted by atomic mass is 15.4. The Hall–Kier alpha value is -6.65. The molecule has 2 N–H and O–H groups in total. The van der Waals surface area contributed by atoms with Gasteiger partial charge in [-0.05, 0) is 64.7 Å². The Morgan fingerprint density at radius 2 is 0.939 bits per heavy atom. The molecule has 0 amide bonds. The molecule has 9 rings (SSSR count). The van der Waals surface area contributed by atoms with Crippen LogP contribution in [0.3, 0.4) is 0 Å². The van der Waals surface area contributed by atoms with Crippen LogP contribution >= 0.6 is 0 Å². The molecule has 232 valence electrons. The SMILES string of the molecule is N=C(/C=C(\Nn1c2ccccc2c2ccc(-c3ccc4c5ccccc5n(-c5ccccc5)c4c3)cc21)c1ccccc1)c1ccccc1. The zero-order valence-electron chi connectivity index (χ0n) is 26.7. The molecule has 4 nitrogen and oxygen atoms in total. The van der Waals surface area contributed by atoms with Crippen LogP contribution in [0, 0.1) is 5.41 Å². The summed E-state index contributed by atoms with van der Waals surface area (Å²) in [7, 11) is 0. The highest BCUT2D eigenvalue weighted by Crippen LogP contribution is 2.37. The first-order chi connectivity index (χ1) is 24.2. The van der Waals surface area contributed by atoms with E-state index in [-0.39, 0.29) is 0 Å². The molecule has 0 radical (unpaired) electrons. The maximum Gasteiger partial charge on any atom is 0.0716 e. The van der Waals surface area contributed by atoms with E-state index in [9.17, 15) is 0 Å². The first kappa shape index (κ1) is 28.6. The fourth-order valence-corrected chi connectivity index (χ4v) is 7.04. The van der Waals surface area contributed by atoms with Crippen LogP contribution in [0.1, 0.15) is 11.1 Å². The number of nitrogens with one attached hydrogen (secondary N) is 2. The van der Waals surface area contributed by atoms with Gasteiger partial charge in [0.25, 0.3) is 0 Å². The van der Waals surface area contributed by atoms with Crippen molar-refractivity contribution < 1.29 is 0 Å². The van der Waals surface area contributed by atoms with Crippen LogP contribution in [0.5, 0.6) is 0 Å². The lowest BCUT2D eigenvalue weighted by Crippen LogP contribution is -2.14. The van der Waals surface area contributed by atoms with Crippen molar-refractivity contribution in [1.29, 1.82) is 5.41 Å². The summed E-state index contributed by atoms with van der Waals surface area (Å²) in [5.74, 6) is 0. The van der Waals surface area contributed by atoms with E-state index in [0.29, 0.717) is 5.71 Å². The number of allylic oxidation sites excluding steroid dienone is 1. The average molecular weight is 629 g/mol. The molecule has 4 heteroatoms. The zero-order valence-corrected chi connectivity index (χ0v) is 26.7. The Morgan fingerprint density at radius 1 is 0.449 bits per heavy atom. The predicted molar refractivity (Wildman–Crippen MR) is 206 cm³/mol. The first-order valence-electron chi connectivity index (χ1n) is 16.5. The van der Waals surface area contributed by atoms with Gasteiger partial charge in [-0.15, -0.1) is 0 Å². The maximum absolute atomic E-state index is 8.97. The van der Waals surface area contributed by atoms with Crippen molar-refractivity contribution in [2.45, 2.75) is 0 Å². The third-order valence-corrected chi connectivity index (χ3v) is 9.39. The molecular formula is C45H32N4. The molecule has 0 bridgehead atoms. The van der Waals surface area contributed by atoms with E-state index in [1.807, 2.05) is 54.6 Å². The number of para-hydroxylation sites is 3. The van der Waals surface area contributed by atoms with Gasteiger partial charge in [0.15, 0.2) is 0 Å². The molecule has 0 aliphatic heterocycles. The second-order valence-corrected chi connectivity index (χ2v) is 12.3. The van der Waals surface area contributed by atoms with Crippen molar-refractivity contribution >= 4 is 55.0 Å². The summed E-state index contributed by atoms with van der Waals surface area (Å²) >= 11 is 0. The quantitative estimate of drug-likeness (QED) is 0.170. The molecule has 0 aliphatic rings. The van der Waals surface area contributed by atoms with Gasteiger partial charge in [0.05, 0.1) is 33.5 Å². The van der Waals surface area contributed by atoms with Crippen LogP contribution in [0.2, 0.25) is 0 Å². The summed E-state index contributed by atoms with van der Waals surface area (Å²) in [5, 5.41) is 13.8. The Labute approximate surface area is 284 Å². The van der Waals surface area contributed by atoms with Crippen molar-refractivity contribution in [3.05, 3.63) is 193 Å². The lowest BCUT2D eigenvalue weighted by atomic mass is 10.0. The van der Waals surface area contributed by atoms with Crippen molar-refractivity contribution in [3.8, 4) is 16.8 Å². The van der Waals surface area contributed by atoms with Gasteiger partial charge in [-0.2, -0.15) is 0 Å². The zero-order chi connectivity index (χ0) is 32.7. The smallest absolute Gasteiger partial charge is 0.0716 e. The van der Waals surface area contributed by atoms with Gasteiger partial charge in [0.1, 0.15) is 0 Å². The van der Waals surface area contributed by atoms with E-state index in [2.05, 4.69) is 142 Å². The van der Waals surface area contributed by atoms with Gasteiger partial charge in [-0.3, -0.25) is 10.1 Å². The minimum atomic E-state index is 0.440. The highest BCUT2D eigenvalue weighted by molar-refractivity contribution is 6.13. The minimum absolute atomic E-state index is 0.440.